The molecule has 0 aromatic carbocycles. The molecule has 0 aliphatic rings. The monoisotopic (exact) mass is 212 g/mol. The van der Waals surface area contributed by atoms with Crippen LogP contribution >= 0.6 is 0 Å². The minimum atomic E-state index is 0.190. The van der Waals surface area contributed by atoms with Gasteiger partial charge in [-0.15, -0.1) is 0 Å². The smallest absolute Gasteiger partial charge is 0.0612 e. The van der Waals surface area contributed by atoms with Crippen molar-refractivity contribution in [2.75, 3.05) is 6.61 Å². The fourth-order valence-corrected chi connectivity index (χ4v) is 1.71. The molecule has 0 spiro atoms. The molecular formula is C14H28O. The van der Waals surface area contributed by atoms with Crippen molar-refractivity contribution in [2.45, 2.75) is 65.2 Å². The lowest BCUT2D eigenvalue weighted by Crippen LogP contribution is -1.87. The Hall–Kier alpha value is -0.300. The lowest BCUT2D eigenvalue weighted by Gasteiger charge is -2.03. The standard InChI is InChI=1S/C14H28O/c1-14(2)12-10-8-6-4-3-5-7-9-11-13-15/h9,11,14-15H,3-8,10,12-13H2,1-2H3. The molecule has 0 rings (SSSR count). The molecule has 90 valence electrons. The van der Waals surface area contributed by atoms with Crippen molar-refractivity contribution in [2.24, 2.45) is 5.92 Å². The minimum absolute atomic E-state index is 0.190. The quantitative estimate of drug-likeness (QED) is 0.422. The SMILES string of the molecule is CC(C)CCCCCCCCC=CCO. The predicted molar refractivity (Wildman–Crippen MR) is 68.0 cm³/mol. The van der Waals surface area contributed by atoms with E-state index in [0.29, 0.717) is 0 Å². The molecule has 0 aromatic rings. The summed E-state index contributed by atoms with van der Waals surface area (Å²) in [5.41, 5.74) is 0. The van der Waals surface area contributed by atoms with E-state index in [9.17, 15) is 0 Å². The number of aliphatic hydroxyl groups is 1. The van der Waals surface area contributed by atoms with Gasteiger partial charge in [0.25, 0.3) is 0 Å². The van der Waals surface area contributed by atoms with Gasteiger partial charge in [0.1, 0.15) is 0 Å². The Morgan fingerprint density at radius 2 is 1.47 bits per heavy atom. The molecule has 0 amide bonds. The third-order valence-corrected chi connectivity index (χ3v) is 2.67. The van der Waals surface area contributed by atoms with Crippen LogP contribution in [0.1, 0.15) is 65.2 Å². The third-order valence-electron chi connectivity index (χ3n) is 2.67. The van der Waals surface area contributed by atoms with Crippen LogP contribution < -0.4 is 0 Å². The summed E-state index contributed by atoms with van der Waals surface area (Å²) < 4.78 is 0. The normalized spacial score (nSPS) is 11.7. The van der Waals surface area contributed by atoms with E-state index >= 15 is 0 Å². The number of hydrogen-bond donors (Lipinski definition) is 1. The van der Waals surface area contributed by atoms with Gasteiger partial charge in [-0.1, -0.05) is 64.5 Å². The van der Waals surface area contributed by atoms with Crippen molar-refractivity contribution in [3.05, 3.63) is 12.2 Å². The second-order valence-corrected chi connectivity index (χ2v) is 4.75. The fourth-order valence-electron chi connectivity index (χ4n) is 1.71. The zero-order chi connectivity index (χ0) is 11.4. The molecule has 0 aromatic heterocycles. The van der Waals surface area contributed by atoms with Gasteiger partial charge < -0.3 is 5.11 Å². The fraction of sp³-hybridized carbons (Fsp3) is 0.857. The number of aliphatic hydroxyl groups excluding tert-OH is 1. The lowest BCUT2D eigenvalue weighted by atomic mass is 10.0. The highest BCUT2D eigenvalue weighted by Crippen LogP contribution is 2.11. The van der Waals surface area contributed by atoms with E-state index in [1.54, 1.807) is 0 Å². The lowest BCUT2D eigenvalue weighted by molar-refractivity contribution is 0.342. The van der Waals surface area contributed by atoms with E-state index in [1.807, 2.05) is 6.08 Å². The minimum Gasteiger partial charge on any atom is -0.392 e. The number of unbranched alkanes of at least 4 members (excludes halogenated alkanes) is 6. The van der Waals surface area contributed by atoms with E-state index in [1.165, 1.54) is 44.9 Å². The first-order chi connectivity index (χ1) is 7.27. The van der Waals surface area contributed by atoms with E-state index in [2.05, 4.69) is 19.9 Å². The Bertz CT molecular complexity index is 138. The summed E-state index contributed by atoms with van der Waals surface area (Å²) in [5, 5.41) is 8.52. The van der Waals surface area contributed by atoms with Crippen LogP contribution in [0.3, 0.4) is 0 Å². The van der Waals surface area contributed by atoms with Crippen LogP contribution in [0, 0.1) is 5.92 Å². The van der Waals surface area contributed by atoms with Crippen LogP contribution in [0.4, 0.5) is 0 Å². The Balaban J connectivity index is 2.96. The summed E-state index contributed by atoms with van der Waals surface area (Å²) in [4.78, 5) is 0. The summed E-state index contributed by atoms with van der Waals surface area (Å²) in [6.07, 6.45) is 14.7. The van der Waals surface area contributed by atoms with Crippen molar-refractivity contribution >= 4 is 0 Å². The first kappa shape index (κ1) is 14.7. The number of allylic oxidation sites excluding steroid dienone is 1. The highest BCUT2D eigenvalue weighted by atomic mass is 16.2. The Morgan fingerprint density at radius 1 is 0.867 bits per heavy atom. The molecule has 1 N–H and O–H groups in total. The predicted octanol–water partition coefficient (Wildman–Crippen LogP) is 4.31. The van der Waals surface area contributed by atoms with Crippen LogP contribution in [0.2, 0.25) is 0 Å². The van der Waals surface area contributed by atoms with Gasteiger partial charge in [-0.3, -0.25) is 0 Å². The highest BCUT2D eigenvalue weighted by Gasteiger charge is 1.94. The molecule has 0 fully saturated rings. The number of rotatable bonds is 10. The van der Waals surface area contributed by atoms with Crippen molar-refractivity contribution in [3.63, 3.8) is 0 Å². The summed E-state index contributed by atoms with van der Waals surface area (Å²) >= 11 is 0. The zero-order valence-electron chi connectivity index (χ0n) is 10.5. The van der Waals surface area contributed by atoms with Gasteiger partial charge in [-0.25, -0.2) is 0 Å². The van der Waals surface area contributed by atoms with Gasteiger partial charge in [0.05, 0.1) is 6.61 Å². The molecule has 0 aliphatic carbocycles. The van der Waals surface area contributed by atoms with Crippen molar-refractivity contribution in [3.8, 4) is 0 Å². The van der Waals surface area contributed by atoms with E-state index in [-0.39, 0.29) is 6.61 Å². The second kappa shape index (κ2) is 11.8. The average molecular weight is 212 g/mol. The summed E-state index contributed by atoms with van der Waals surface area (Å²) in [7, 11) is 0. The van der Waals surface area contributed by atoms with Gasteiger partial charge in [0.15, 0.2) is 0 Å². The zero-order valence-corrected chi connectivity index (χ0v) is 10.5. The van der Waals surface area contributed by atoms with Gasteiger partial charge in [0.2, 0.25) is 0 Å². The van der Waals surface area contributed by atoms with Crippen LogP contribution in [-0.2, 0) is 0 Å². The van der Waals surface area contributed by atoms with E-state index in [0.717, 1.165) is 12.3 Å². The van der Waals surface area contributed by atoms with Gasteiger partial charge in [-0.2, -0.15) is 0 Å². The van der Waals surface area contributed by atoms with Crippen LogP contribution in [0.25, 0.3) is 0 Å². The Labute approximate surface area is 95.6 Å². The molecule has 15 heavy (non-hydrogen) atoms. The van der Waals surface area contributed by atoms with E-state index in [4.69, 9.17) is 5.11 Å². The molecule has 1 heteroatoms. The molecule has 0 heterocycles. The Morgan fingerprint density at radius 3 is 2.07 bits per heavy atom. The first-order valence-electron chi connectivity index (χ1n) is 6.53. The highest BCUT2D eigenvalue weighted by molar-refractivity contribution is 4.80. The molecule has 0 radical (unpaired) electrons. The van der Waals surface area contributed by atoms with Crippen molar-refractivity contribution in [1.82, 2.24) is 0 Å². The topological polar surface area (TPSA) is 20.2 Å². The molecular weight excluding hydrogens is 184 g/mol. The van der Waals surface area contributed by atoms with Crippen LogP contribution in [-0.4, -0.2) is 11.7 Å². The second-order valence-electron chi connectivity index (χ2n) is 4.75. The maximum absolute atomic E-state index is 8.52. The number of hydrogen-bond acceptors (Lipinski definition) is 1. The Kier molecular flexibility index (Phi) is 11.5. The molecule has 0 aliphatic heterocycles. The van der Waals surface area contributed by atoms with Gasteiger partial charge >= 0.3 is 0 Å². The van der Waals surface area contributed by atoms with Gasteiger partial charge in [-0.05, 0) is 18.8 Å². The van der Waals surface area contributed by atoms with Crippen LogP contribution in [0.15, 0.2) is 12.2 Å². The summed E-state index contributed by atoms with van der Waals surface area (Å²) in [6, 6.07) is 0. The van der Waals surface area contributed by atoms with Crippen LogP contribution in [0.5, 0.6) is 0 Å². The maximum atomic E-state index is 8.52. The van der Waals surface area contributed by atoms with E-state index < -0.39 is 0 Å². The summed E-state index contributed by atoms with van der Waals surface area (Å²) in [5.74, 6) is 0.869. The molecule has 0 saturated heterocycles. The average Bonchev–Trinajstić information content (AvgIpc) is 2.20. The molecule has 1 nitrogen and oxygen atoms in total. The molecule has 0 atom stereocenters. The molecule has 0 bridgehead atoms. The largest absolute Gasteiger partial charge is 0.392 e. The summed E-state index contributed by atoms with van der Waals surface area (Å²) in [6.45, 7) is 4.79. The molecule has 0 unspecified atom stereocenters. The van der Waals surface area contributed by atoms with Crippen molar-refractivity contribution < 1.29 is 5.11 Å². The van der Waals surface area contributed by atoms with Gasteiger partial charge in [0, 0.05) is 0 Å². The van der Waals surface area contributed by atoms with Crippen molar-refractivity contribution in [1.29, 1.82) is 0 Å². The maximum Gasteiger partial charge on any atom is 0.0612 e. The first-order valence-corrected chi connectivity index (χ1v) is 6.53. The molecule has 0 saturated carbocycles. The third kappa shape index (κ3) is 13.7.